The maximum absolute atomic E-state index is 14.4. The predicted molar refractivity (Wildman–Crippen MR) is 143 cm³/mol. The van der Waals surface area contributed by atoms with Crippen molar-refractivity contribution in [1.82, 2.24) is 4.90 Å². The van der Waals surface area contributed by atoms with E-state index in [1.54, 1.807) is 15.9 Å². The van der Waals surface area contributed by atoms with Crippen LogP contribution in [0, 0.1) is 18.8 Å². The molecular weight excluding hydrogens is 508 g/mol. The number of hydrogen-bond acceptors (Lipinski definition) is 6. The molecule has 1 aromatic rings. The molecule has 38 heavy (non-hydrogen) atoms. The van der Waals surface area contributed by atoms with Crippen LogP contribution in [0.4, 0.5) is 5.69 Å². The zero-order valence-corrected chi connectivity index (χ0v) is 22.4. The number of halogens is 1. The van der Waals surface area contributed by atoms with Gasteiger partial charge >= 0.3 is 5.97 Å². The highest BCUT2D eigenvalue weighted by molar-refractivity contribution is 6.34. The van der Waals surface area contributed by atoms with Gasteiger partial charge in [0.05, 0.1) is 29.3 Å². The number of hydrogen-bond donors (Lipinski definition) is 1. The number of aliphatic hydroxyl groups is 1. The van der Waals surface area contributed by atoms with Crippen molar-refractivity contribution in [3.8, 4) is 0 Å². The second-order valence-electron chi connectivity index (χ2n) is 10.5. The van der Waals surface area contributed by atoms with Crippen molar-refractivity contribution < 1.29 is 29.0 Å². The van der Waals surface area contributed by atoms with Gasteiger partial charge in [0.2, 0.25) is 5.91 Å². The van der Waals surface area contributed by atoms with Gasteiger partial charge < -0.3 is 24.4 Å². The maximum Gasteiger partial charge on any atom is 0.312 e. The van der Waals surface area contributed by atoms with Crippen LogP contribution in [0.2, 0.25) is 5.02 Å². The van der Waals surface area contributed by atoms with E-state index in [1.807, 2.05) is 43.4 Å². The molecule has 2 amide bonds. The Morgan fingerprint density at radius 1 is 1.11 bits per heavy atom. The van der Waals surface area contributed by atoms with Gasteiger partial charge in [-0.25, -0.2) is 0 Å². The van der Waals surface area contributed by atoms with Crippen LogP contribution in [-0.4, -0.2) is 71.8 Å². The molecule has 0 saturated carbocycles. The van der Waals surface area contributed by atoms with Crippen LogP contribution < -0.4 is 4.90 Å². The molecule has 0 radical (unpaired) electrons. The number of allylic oxidation sites excluding steroid dienone is 1. The molecule has 204 valence electrons. The smallest absolute Gasteiger partial charge is 0.312 e. The van der Waals surface area contributed by atoms with Gasteiger partial charge in [0.1, 0.15) is 17.6 Å². The molecule has 1 aromatic carbocycles. The van der Waals surface area contributed by atoms with Crippen molar-refractivity contribution >= 4 is 35.1 Å². The first-order chi connectivity index (χ1) is 18.4. The standard InChI is InChI=1S/C29H35ClN2O6/c1-19-11-9-12-20(30)24(19)31-16-10-14-29-23(22-21(38-29)13-5-4-8-18-37-28(22)36)26(34)32(25(29)27(31)35)15-6-2-3-7-17-33/h5,9-14,21-23,25,33H,2-4,6-8,15-18H2,1H3/b13-5-/t21-,22+,23-,25?,29-/m0/s1. The quantitative estimate of drug-likeness (QED) is 0.321. The minimum absolute atomic E-state index is 0.123. The van der Waals surface area contributed by atoms with Crippen LogP contribution in [0.3, 0.4) is 0 Å². The SMILES string of the molecule is Cc1cccc(Cl)c1N1CC=C[C@]23O[C@H]4/C=C\CCCOC(=O)[C@H]4[C@H]2C(=O)N(CCCCCCO)C3C1=O. The number of carbonyl (C=O) groups excluding carboxylic acids is 3. The fraction of sp³-hybridized carbons (Fsp3) is 0.552. The first kappa shape index (κ1) is 26.9. The van der Waals surface area contributed by atoms with Crippen molar-refractivity contribution in [2.24, 2.45) is 11.8 Å². The topological polar surface area (TPSA) is 96.4 Å². The van der Waals surface area contributed by atoms with Crippen LogP contribution in [0.15, 0.2) is 42.5 Å². The van der Waals surface area contributed by atoms with Crippen molar-refractivity contribution in [1.29, 1.82) is 0 Å². The van der Waals surface area contributed by atoms with E-state index in [2.05, 4.69) is 0 Å². The lowest BCUT2D eigenvalue weighted by Gasteiger charge is -2.36. The van der Waals surface area contributed by atoms with Crippen LogP contribution in [0.25, 0.3) is 0 Å². The number of anilines is 1. The molecule has 1 spiro atoms. The van der Waals surface area contributed by atoms with Crippen molar-refractivity contribution in [3.05, 3.63) is 53.1 Å². The van der Waals surface area contributed by atoms with Crippen LogP contribution in [-0.2, 0) is 23.9 Å². The number of para-hydroxylation sites is 1. The fourth-order valence-corrected chi connectivity index (χ4v) is 6.73. The number of aryl methyl sites for hydroxylation is 1. The molecule has 0 aliphatic carbocycles. The summed E-state index contributed by atoms with van der Waals surface area (Å²) in [6, 6.07) is 4.55. The lowest BCUT2D eigenvalue weighted by Crippen LogP contribution is -2.55. The van der Waals surface area contributed by atoms with E-state index >= 15 is 0 Å². The molecule has 2 fully saturated rings. The van der Waals surface area contributed by atoms with Crippen molar-refractivity contribution in [3.63, 3.8) is 0 Å². The van der Waals surface area contributed by atoms with E-state index in [1.165, 1.54) is 0 Å². The van der Waals surface area contributed by atoms with Gasteiger partial charge in [-0.3, -0.25) is 14.4 Å². The average Bonchev–Trinajstić information content (AvgIpc) is 3.30. The summed E-state index contributed by atoms with van der Waals surface area (Å²) in [7, 11) is 0. The molecule has 2 saturated heterocycles. The molecule has 5 atom stereocenters. The van der Waals surface area contributed by atoms with Crippen LogP contribution in [0.5, 0.6) is 0 Å². The molecule has 4 aliphatic heterocycles. The number of cyclic esters (lactones) is 1. The monoisotopic (exact) mass is 542 g/mol. The molecule has 5 rings (SSSR count). The lowest BCUT2D eigenvalue weighted by atomic mass is 9.78. The van der Waals surface area contributed by atoms with E-state index < -0.39 is 35.6 Å². The van der Waals surface area contributed by atoms with Gasteiger partial charge in [0, 0.05) is 19.7 Å². The molecule has 8 nitrogen and oxygen atoms in total. The first-order valence-electron chi connectivity index (χ1n) is 13.6. The maximum atomic E-state index is 14.4. The molecule has 0 bridgehead atoms. The van der Waals surface area contributed by atoms with Gasteiger partial charge in [0.15, 0.2) is 0 Å². The third kappa shape index (κ3) is 4.56. The summed E-state index contributed by atoms with van der Waals surface area (Å²) >= 11 is 6.58. The van der Waals surface area contributed by atoms with Gasteiger partial charge in [-0.1, -0.05) is 60.9 Å². The van der Waals surface area contributed by atoms with E-state index in [0.717, 1.165) is 24.8 Å². The number of esters is 1. The van der Waals surface area contributed by atoms with Crippen molar-refractivity contribution in [2.75, 3.05) is 31.2 Å². The minimum Gasteiger partial charge on any atom is -0.465 e. The Balaban J connectivity index is 1.56. The lowest BCUT2D eigenvalue weighted by molar-refractivity contribution is -0.154. The number of fused-ring (bicyclic) bond motifs is 2. The molecule has 4 heterocycles. The molecule has 0 aromatic heterocycles. The van der Waals surface area contributed by atoms with Crippen molar-refractivity contribution in [2.45, 2.75) is 63.2 Å². The highest BCUT2D eigenvalue weighted by Crippen LogP contribution is 2.53. The van der Waals surface area contributed by atoms with Gasteiger partial charge in [0.25, 0.3) is 5.91 Å². The second-order valence-corrected chi connectivity index (χ2v) is 10.9. The summed E-state index contributed by atoms with van der Waals surface area (Å²) in [6.07, 6.45) is 11.3. The van der Waals surface area contributed by atoms with E-state index in [-0.39, 0.29) is 31.6 Å². The third-order valence-corrected chi connectivity index (χ3v) is 8.42. The Morgan fingerprint density at radius 3 is 2.71 bits per heavy atom. The second kappa shape index (κ2) is 11.2. The number of carbonyl (C=O) groups is 3. The predicted octanol–water partition coefficient (Wildman–Crippen LogP) is 3.58. The molecule has 4 aliphatic rings. The Hall–Kier alpha value is -2.68. The van der Waals surface area contributed by atoms with Crippen LogP contribution in [0.1, 0.15) is 44.1 Å². The number of unbranched alkanes of at least 4 members (excludes halogenated alkanes) is 3. The minimum atomic E-state index is -1.29. The molecule has 1 N–H and O–H groups in total. The van der Waals surface area contributed by atoms with Gasteiger partial charge in [-0.05, 0) is 44.2 Å². The number of ether oxygens (including phenoxy) is 2. The summed E-state index contributed by atoms with van der Waals surface area (Å²) in [5.41, 5.74) is 0.170. The zero-order valence-electron chi connectivity index (χ0n) is 21.7. The number of likely N-dealkylation sites (tertiary alicyclic amines) is 1. The van der Waals surface area contributed by atoms with Gasteiger partial charge in [-0.2, -0.15) is 0 Å². The number of rotatable bonds is 7. The Kier molecular flexibility index (Phi) is 7.93. The Bertz CT molecular complexity index is 1130. The highest BCUT2D eigenvalue weighted by Gasteiger charge is 2.71. The normalized spacial score (nSPS) is 31.6. The number of benzene rings is 1. The number of amides is 2. The first-order valence-corrected chi connectivity index (χ1v) is 13.9. The summed E-state index contributed by atoms with van der Waals surface area (Å²) in [4.78, 5) is 45.1. The summed E-state index contributed by atoms with van der Waals surface area (Å²) in [5, 5.41) is 9.58. The number of nitrogens with zero attached hydrogens (tertiary/aromatic N) is 2. The summed E-state index contributed by atoms with van der Waals surface area (Å²) in [6.45, 7) is 2.93. The Labute approximate surface area is 228 Å². The average molecular weight is 543 g/mol. The largest absolute Gasteiger partial charge is 0.465 e. The highest BCUT2D eigenvalue weighted by atomic mass is 35.5. The van der Waals surface area contributed by atoms with E-state index in [9.17, 15) is 14.4 Å². The van der Waals surface area contributed by atoms with E-state index in [4.69, 9.17) is 26.2 Å². The molecule has 1 unspecified atom stereocenters. The third-order valence-electron chi connectivity index (χ3n) is 8.12. The Morgan fingerprint density at radius 2 is 1.92 bits per heavy atom. The molecular formula is C29H35ClN2O6. The molecule has 9 heteroatoms. The van der Waals surface area contributed by atoms with Gasteiger partial charge in [-0.15, -0.1) is 0 Å². The fourth-order valence-electron chi connectivity index (χ4n) is 6.41. The van der Waals surface area contributed by atoms with E-state index in [0.29, 0.717) is 36.5 Å². The summed E-state index contributed by atoms with van der Waals surface area (Å²) < 4.78 is 12.2. The zero-order chi connectivity index (χ0) is 26.9. The van der Waals surface area contributed by atoms with Crippen LogP contribution >= 0.6 is 11.6 Å². The number of aliphatic hydroxyl groups excluding tert-OH is 1. The summed E-state index contributed by atoms with van der Waals surface area (Å²) in [5.74, 6) is -2.68.